The Morgan fingerprint density at radius 2 is 1.76 bits per heavy atom. The van der Waals surface area contributed by atoms with Crippen molar-refractivity contribution in [2.24, 2.45) is 0 Å². The number of hydrogen-bond acceptors (Lipinski definition) is 7. The molecular formula is C25H27ClN8. The van der Waals surface area contributed by atoms with E-state index < -0.39 is 0 Å². The fourth-order valence-electron chi connectivity index (χ4n) is 4.57. The lowest BCUT2D eigenvalue weighted by atomic mass is 10.2. The van der Waals surface area contributed by atoms with Crippen molar-refractivity contribution < 1.29 is 0 Å². The Labute approximate surface area is 203 Å². The summed E-state index contributed by atoms with van der Waals surface area (Å²) in [7, 11) is 2.17. The second kappa shape index (κ2) is 8.45. The van der Waals surface area contributed by atoms with Crippen molar-refractivity contribution in [3.8, 4) is 5.82 Å². The summed E-state index contributed by atoms with van der Waals surface area (Å²) in [6.07, 6.45) is 4.01. The number of likely N-dealkylation sites (N-methyl/N-ethyl adjacent to an activating group) is 1. The summed E-state index contributed by atoms with van der Waals surface area (Å²) in [5, 5.41) is 4.87. The van der Waals surface area contributed by atoms with Gasteiger partial charge in [-0.2, -0.15) is 4.98 Å². The molecule has 1 saturated carbocycles. The van der Waals surface area contributed by atoms with Gasteiger partial charge in [0.15, 0.2) is 5.65 Å². The van der Waals surface area contributed by atoms with Gasteiger partial charge in [-0.25, -0.2) is 9.97 Å². The van der Waals surface area contributed by atoms with Crippen molar-refractivity contribution in [1.82, 2.24) is 24.4 Å². The summed E-state index contributed by atoms with van der Waals surface area (Å²) < 4.78 is 2.04. The van der Waals surface area contributed by atoms with E-state index in [0.717, 1.165) is 67.3 Å². The van der Waals surface area contributed by atoms with E-state index in [1.165, 1.54) is 5.69 Å². The average Bonchev–Trinajstić information content (AvgIpc) is 3.64. The molecule has 3 N–H and O–H groups in total. The highest BCUT2D eigenvalue weighted by atomic mass is 35.5. The summed E-state index contributed by atoms with van der Waals surface area (Å²) in [5.41, 5.74) is 9.93. The molecule has 1 saturated heterocycles. The lowest BCUT2D eigenvalue weighted by Crippen LogP contribution is -2.44. The van der Waals surface area contributed by atoms with Crippen LogP contribution in [0, 0.1) is 0 Å². The average molecular weight is 475 g/mol. The number of nitrogen functional groups attached to an aromatic ring is 1. The van der Waals surface area contributed by atoms with Gasteiger partial charge in [0.2, 0.25) is 5.95 Å². The Kier molecular flexibility index (Phi) is 5.27. The van der Waals surface area contributed by atoms with E-state index in [9.17, 15) is 0 Å². The summed E-state index contributed by atoms with van der Waals surface area (Å²) in [6.45, 7) is 4.26. The van der Waals surface area contributed by atoms with E-state index in [-0.39, 0.29) is 0 Å². The normalized spacial score (nSPS) is 16.8. The predicted molar refractivity (Wildman–Crippen MR) is 137 cm³/mol. The molecule has 2 aliphatic rings. The fraction of sp³-hybridized carbons (Fsp3) is 0.320. The van der Waals surface area contributed by atoms with Gasteiger partial charge in [-0.05, 0) is 56.3 Å². The molecular weight excluding hydrogens is 448 g/mol. The third-order valence-electron chi connectivity index (χ3n) is 6.62. The minimum absolute atomic E-state index is 0.406. The van der Waals surface area contributed by atoms with Gasteiger partial charge < -0.3 is 20.9 Å². The first-order valence-corrected chi connectivity index (χ1v) is 12.0. The lowest BCUT2D eigenvalue weighted by Gasteiger charge is -2.34. The molecule has 0 spiro atoms. The van der Waals surface area contributed by atoms with Crippen molar-refractivity contribution in [2.45, 2.75) is 18.8 Å². The number of nitrogens with one attached hydrogen (secondary N) is 1. The molecule has 8 nitrogen and oxygen atoms in total. The number of nitrogens with two attached hydrogens (primary N) is 1. The van der Waals surface area contributed by atoms with Gasteiger partial charge in [0.1, 0.15) is 11.6 Å². The number of nitrogens with zero attached hydrogens (tertiary/aromatic N) is 6. The number of hydrogen-bond donors (Lipinski definition) is 2. The molecule has 0 amide bonds. The number of benzene rings is 1. The third-order valence-corrected chi connectivity index (χ3v) is 7.02. The highest BCUT2D eigenvalue weighted by Crippen LogP contribution is 2.47. The number of pyridine rings is 1. The topological polar surface area (TPSA) is 88.1 Å². The van der Waals surface area contributed by atoms with E-state index in [1.54, 1.807) is 12.3 Å². The number of halogens is 1. The second-order valence-corrected chi connectivity index (χ2v) is 9.50. The maximum absolute atomic E-state index is 6.81. The van der Waals surface area contributed by atoms with Crippen LogP contribution in [0.25, 0.3) is 16.9 Å². The van der Waals surface area contributed by atoms with E-state index in [0.29, 0.717) is 22.7 Å². The van der Waals surface area contributed by atoms with Gasteiger partial charge in [-0.3, -0.25) is 4.57 Å². The van der Waals surface area contributed by atoms with E-state index in [2.05, 4.69) is 56.4 Å². The lowest BCUT2D eigenvalue weighted by molar-refractivity contribution is 0.313. The van der Waals surface area contributed by atoms with Crippen molar-refractivity contribution in [3.05, 3.63) is 59.4 Å². The molecule has 0 bridgehead atoms. The largest absolute Gasteiger partial charge is 0.384 e. The quantitative estimate of drug-likeness (QED) is 0.442. The van der Waals surface area contributed by atoms with Gasteiger partial charge in [0.05, 0.1) is 10.4 Å². The van der Waals surface area contributed by atoms with Crippen LogP contribution in [0.3, 0.4) is 0 Å². The first-order chi connectivity index (χ1) is 16.6. The smallest absolute Gasteiger partial charge is 0.229 e. The van der Waals surface area contributed by atoms with Gasteiger partial charge in [0.25, 0.3) is 0 Å². The van der Waals surface area contributed by atoms with Crippen LogP contribution in [-0.4, -0.2) is 57.6 Å². The summed E-state index contributed by atoms with van der Waals surface area (Å²) in [4.78, 5) is 18.7. The Bertz CT molecular complexity index is 1340. The van der Waals surface area contributed by atoms with Gasteiger partial charge >= 0.3 is 0 Å². The molecule has 3 aromatic heterocycles. The third kappa shape index (κ3) is 3.93. The molecule has 6 rings (SSSR count). The van der Waals surface area contributed by atoms with Crippen LogP contribution in [0.4, 0.5) is 23.1 Å². The number of piperazine rings is 1. The molecule has 9 heteroatoms. The van der Waals surface area contributed by atoms with Crippen LogP contribution in [0.1, 0.15) is 24.5 Å². The minimum Gasteiger partial charge on any atom is -0.384 e. The van der Waals surface area contributed by atoms with E-state index in [1.807, 2.05) is 16.7 Å². The van der Waals surface area contributed by atoms with Crippen molar-refractivity contribution in [2.75, 3.05) is 49.2 Å². The first kappa shape index (κ1) is 21.2. The minimum atomic E-state index is 0.406. The van der Waals surface area contributed by atoms with Crippen LogP contribution in [0.5, 0.6) is 0 Å². The van der Waals surface area contributed by atoms with Gasteiger partial charge in [0, 0.05) is 55.4 Å². The summed E-state index contributed by atoms with van der Waals surface area (Å²) in [5.74, 6) is 2.11. The molecule has 1 aliphatic carbocycles. The Morgan fingerprint density at radius 3 is 2.47 bits per heavy atom. The fourth-order valence-corrected chi connectivity index (χ4v) is 4.94. The highest BCUT2D eigenvalue weighted by Gasteiger charge is 2.33. The molecule has 0 atom stereocenters. The number of aromatic nitrogens is 4. The molecule has 0 unspecified atom stereocenters. The number of rotatable bonds is 5. The molecule has 34 heavy (non-hydrogen) atoms. The number of fused-ring (bicyclic) bond motifs is 1. The zero-order valence-electron chi connectivity index (χ0n) is 19.1. The van der Waals surface area contributed by atoms with Gasteiger partial charge in [-0.1, -0.05) is 17.7 Å². The molecule has 1 aliphatic heterocycles. The molecule has 4 aromatic rings. The monoisotopic (exact) mass is 474 g/mol. The highest BCUT2D eigenvalue weighted by molar-refractivity contribution is 6.36. The molecule has 0 radical (unpaired) electrons. The maximum Gasteiger partial charge on any atom is 0.229 e. The maximum atomic E-state index is 6.81. The van der Waals surface area contributed by atoms with Crippen LogP contribution >= 0.6 is 11.6 Å². The van der Waals surface area contributed by atoms with Crippen molar-refractivity contribution in [1.29, 1.82) is 0 Å². The van der Waals surface area contributed by atoms with Crippen molar-refractivity contribution >= 4 is 45.8 Å². The SMILES string of the molecule is CN1CCN(c2ccc(Nc3ncc4c(Cl)c(C5CC5)n(-c5cccc(N)n5)c4n3)cc2)CC1. The van der Waals surface area contributed by atoms with Crippen LogP contribution < -0.4 is 16.0 Å². The van der Waals surface area contributed by atoms with Crippen molar-refractivity contribution in [3.63, 3.8) is 0 Å². The molecule has 4 heterocycles. The van der Waals surface area contributed by atoms with Crippen LogP contribution in [-0.2, 0) is 0 Å². The predicted octanol–water partition coefficient (Wildman–Crippen LogP) is 4.42. The summed E-state index contributed by atoms with van der Waals surface area (Å²) in [6, 6.07) is 14.0. The van der Waals surface area contributed by atoms with E-state index >= 15 is 0 Å². The second-order valence-electron chi connectivity index (χ2n) is 9.12. The zero-order chi connectivity index (χ0) is 23.2. The number of anilines is 4. The van der Waals surface area contributed by atoms with Crippen LogP contribution in [0.15, 0.2) is 48.7 Å². The van der Waals surface area contributed by atoms with Gasteiger partial charge in [-0.15, -0.1) is 0 Å². The Morgan fingerprint density at radius 1 is 1.00 bits per heavy atom. The van der Waals surface area contributed by atoms with E-state index in [4.69, 9.17) is 22.3 Å². The first-order valence-electron chi connectivity index (χ1n) is 11.7. The Hall–Kier alpha value is -3.36. The summed E-state index contributed by atoms with van der Waals surface area (Å²) >= 11 is 6.81. The Balaban J connectivity index is 1.33. The molecule has 1 aromatic carbocycles. The molecule has 2 fully saturated rings. The standard InChI is InChI=1S/C25H27ClN8/c1-32-11-13-33(14-12-32)18-9-7-17(8-10-18)29-25-28-15-19-22(26)23(16-5-6-16)34(24(19)31-25)21-4-2-3-20(27)30-21/h2-4,7-10,15-16H,5-6,11-14H2,1H3,(H2,27,30)(H,28,29,31). The van der Waals surface area contributed by atoms with Crippen LogP contribution in [0.2, 0.25) is 5.02 Å². The zero-order valence-corrected chi connectivity index (χ0v) is 19.8. The molecule has 174 valence electrons.